The molecule has 2 aromatic carbocycles. The Hall–Kier alpha value is -3.83. The molecule has 2 aliphatic heterocycles. The number of nitrogens with one attached hydrogen (secondary N) is 1. The van der Waals surface area contributed by atoms with Crippen molar-refractivity contribution in [1.29, 1.82) is 5.26 Å². The molecule has 4 aliphatic rings. The fourth-order valence-corrected chi connectivity index (χ4v) is 8.48. The third kappa shape index (κ3) is 4.37. The molecule has 2 N–H and O–H groups in total. The lowest BCUT2D eigenvalue weighted by molar-refractivity contribution is -0.157. The highest BCUT2D eigenvalue weighted by Gasteiger charge is 2.55. The van der Waals surface area contributed by atoms with Gasteiger partial charge in [-0.3, -0.25) is 14.5 Å². The van der Waals surface area contributed by atoms with Gasteiger partial charge in [0.1, 0.15) is 5.75 Å². The molecule has 1 amide bonds. The zero-order valence-corrected chi connectivity index (χ0v) is 24.4. The quantitative estimate of drug-likeness (QED) is 0.397. The maximum Gasteiger partial charge on any atom is 0.306 e. The molecule has 42 heavy (non-hydrogen) atoms. The topological polar surface area (TPSA) is 110 Å². The summed E-state index contributed by atoms with van der Waals surface area (Å²) in [5.74, 6) is 0.118. The van der Waals surface area contributed by atoms with Crippen LogP contribution in [0.5, 0.6) is 5.75 Å². The number of aryl methyl sites for hydroxylation is 1. The number of carbonyl (C=O) groups excluding carboxylic acids is 1. The number of nitrogens with zero attached hydrogens (tertiary/aromatic N) is 3. The van der Waals surface area contributed by atoms with Crippen LogP contribution in [-0.2, 0) is 11.3 Å². The van der Waals surface area contributed by atoms with Gasteiger partial charge >= 0.3 is 5.97 Å². The first-order valence-electron chi connectivity index (χ1n) is 15.1. The van der Waals surface area contributed by atoms with Crippen LogP contribution in [0.15, 0.2) is 42.6 Å². The number of ether oxygens (including phenoxy) is 1. The van der Waals surface area contributed by atoms with Crippen LogP contribution >= 0.6 is 0 Å². The van der Waals surface area contributed by atoms with Gasteiger partial charge in [0.15, 0.2) is 0 Å². The molecular weight excluding hydrogens is 528 g/mol. The van der Waals surface area contributed by atoms with Crippen molar-refractivity contribution in [3.05, 3.63) is 64.8 Å². The standard InChI is InChI=1S/C34H38N4O4/c1-21-11-29(42-2)27(26-7-9-36-30(21)26)18-37-10-8-33(12-22(13-33)17-35)16-28(37)23-3-5-24(6-4-23)31(39)38-19-34(20-38)14-25(15-34)32(40)41/h3-7,9,11,22,25,28,36H,8,10,12-16,18-20H2,1-2H3,(H,40,41)/t22?,28-,33?/m0/s1. The van der Waals surface area contributed by atoms with E-state index >= 15 is 0 Å². The van der Waals surface area contributed by atoms with E-state index in [-0.39, 0.29) is 34.6 Å². The third-order valence-electron chi connectivity index (χ3n) is 10.8. The van der Waals surface area contributed by atoms with Crippen LogP contribution in [-0.4, -0.2) is 58.5 Å². The van der Waals surface area contributed by atoms with Crippen LogP contribution in [0, 0.1) is 40.9 Å². The number of rotatable bonds is 6. The maximum absolute atomic E-state index is 13.2. The summed E-state index contributed by atoms with van der Waals surface area (Å²) < 4.78 is 5.87. The van der Waals surface area contributed by atoms with Crippen molar-refractivity contribution in [3.8, 4) is 11.8 Å². The fourth-order valence-electron chi connectivity index (χ4n) is 8.48. The van der Waals surface area contributed by atoms with E-state index in [2.05, 4.69) is 47.1 Å². The number of H-pyrrole nitrogens is 1. The molecule has 1 aromatic heterocycles. The minimum absolute atomic E-state index is 0.0154. The molecule has 0 bridgehead atoms. The second kappa shape index (κ2) is 9.88. The average molecular weight is 567 g/mol. The lowest BCUT2D eigenvalue weighted by atomic mass is 9.56. The van der Waals surface area contributed by atoms with Gasteiger partial charge in [-0.1, -0.05) is 12.1 Å². The summed E-state index contributed by atoms with van der Waals surface area (Å²) in [7, 11) is 1.74. The number of aromatic nitrogens is 1. The number of carboxylic acid groups (broad SMARTS) is 1. The maximum atomic E-state index is 13.2. The zero-order chi connectivity index (χ0) is 29.2. The molecule has 4 fully saturated rings. The van der Waals surface area contributed by atoms with Crippen molar-refractivity contribution in [2.45, 2.75) is 58.0 Å². The summed E-state index contributed by atoms with van der Waals surface area (Å²) in [6.45, 7) is 5.11. The molecule has 3 heterocycles. The summed E-state index contributed by atoms with van der Waals surface area (Å²) in [5.41, 5.74) is 5.59. The van der Waals surface area contributed by atoms with Gasteiger partial charge < -0.3 is 19.7 Å². The summed E-state index contributed by atoms with van der Waals surface area (Å²) in [6, 6.07) is 15.0. The Labute approximate surface area is 246 Å². The molecule has 218 valence electrons. The Morgan fingerprint density at radius 2 is 1.83 bits per heavy atom. The minimum atomic E-state index is -0.720. The van der Waals surface area contributed by atoms with E-state index < -0.39 is 5.97 Å². The molecule has 2 saturated carbocycles. The number of amides is 1. The van der Waals surface area contributed by atoms with Gasteiger partial charge in [0.25, 0.3) is 5.91 Å². The number of carboxylic acids is 1. The predicted octanol–water partition coefficient (Wildman–Crippen LogP) is 5.68. The van der Waals surface area contributed by atoms with Crippen LogP contribution in [0.1, 0.15) is 71.6 Å². The largest absolute Gasteiger partial charge is 0.496 e. The van der Waals surface area contributed by atoms with Gasteiger partial charge in [0, 0.05) is 65.2 Å². The van der Waals surface area contributed by atoms with Crippen LogP contribution in [0.25, 0.3) is 10.9 Å². The fraction of sp³-hybridized carbons (Fsp3) is 0.500. The number of methoxy groups -OCH3 is 1. The SMILES string of the molecule is COc1cc(C)c2[nH]ccc2c1CN1CCC2(CC(C#N)C2)C[C@H]1c1ccc(C(=O)N2CC3(CC(C(=O)O)C3)C2)cc1. The van der Waals surface area contributed by atoms with Gasteiger partial charge in [-0.05, 0) is 92.8 Å². The van der Waals surface area contributed by atoms with E-state index in [1.807, 2.05) is 23.2 Å². The first kappa shape index (κ1) is 27.0. The second-order valence-corrected chi connectivity index (χ2v) is 13.5. The summed E-state index contributed by atoms with van der Waals surface area (Å²) in [5, 5.41) is 19.9. The molecule has 2 saturated heterocycles. The Balaban J connectivity index is 1.11. The highest BCUT2D eigenvalue weighted by Crippen LogP contribution is 2.57. The molecule has 3 aromatic rings. The van der Waals surface area contributed by atoms with Crippen LogP contribution in [0.4, 0.5) is 0 Å². The van der Waals surface area contributed by atoms with E-state index in [0.29, 0.717) is 31.5 Å². The Morgan fingerprint density at radius 1 is 1.10 bits per heavy atom. The normalized spacial score (nSPS) is 23.3. The zero-order valence-electron chi connectivity index (χ0n) is 24.4. The third-order valence-corrected chi connectivity index (χ3v) is 10.8. The lowest BCUT2D eigenvalue weighted by Gasteiger charge is -2.58. The molecule has 0 unspecified atom stereocenters. The lowest BCUT2D eigenvalue weighted by Crippen LogP contribution is -2.64. The van der Waals surface area contributed by atoms with Crippen LogP contribution < -0.4 is 4.74 Å². The second-order valence-electron chi connectivity index (χ2n) is 13.5. The van der Waals surface area contributed by atoms with E-state index in [1.165, 1.54) is 16.5 Å². The first-order chi connectivity index (χ1) is 20.2. The number of hydrogen-bond donors (Lipinski definition) is 2. The van der Waals surface area contributed by atoms with Crippen molar-refractivity contribution in [3.63, 3.8) is 0 Å². The molecule has 2 spiro atoms. The van der Waals surface area contributed by atoms with Crippen molar-refractivity contribution < 1.29 is 19.4 Å². The van der Waals surface area contributed by atoms with Gasteiger partial charge in [-0.2, -0.15) is 5.26 Å². The summed E-state index contributed by atoms with van der Waals surface area (Å²) in [4.78, 5) is 32.3. The van der Waals surface area contributed by atoms with Crippen molar-refractivity contribution in [2.75, 3.05) is 26.7 Å². The van der Waals surface area contributed by atoms with Crippen LogP contribution in [0.3, 0.4) is 0 Å². The van der Waals surface area contributed by atoms with E-state index in [4.69, 9.17) is 4.74 Å². The number of benzene rings is 2. The van der Waals surface area contributed by atoms with E-state index in [1.54, 1.807) is 7.11 Å². The van der Waals surface area contributed by atoms with Crippen molar-refractivity contribution in [1.82, 2.24) is 14.8 Å². The molecule has 8 nitrogen and oxygen atoms in total. The number of likely N-dealkylation sites (tertiary alicyclic amines) is 2. The Morgan fingerprint density at radius 3 is 2.50 bits per heavy atom. The summed E-state index contributed by atoms with van der Waals surface area (Å²) in [6.07, 6.45) is 7.38. The van der Waals surface area contributed by atoms with Crippen LogP contribution in [0.2, 0.25) is 0 Å². The smallest absolute Gasteiger partial charge is 0.306 e. The predicted molar refractivity (Wildman–Crippen MR) is 158 cm³/mol. The van der Waals surface area contributed by atoms with Gasteiger partial charge in [-0.15, -0.1) is 0 Å². The van der Waals surface area contributed by atoms with Gasteiger partial charge in [0.2, 0.25) is 0 Å². The monoisotopic (exact) mass is 566 g/mol. The first-order valence-corrected chi connectivity index (χ1v) is 15.1. The Bertz CT molecular complexity index is 1580. The van der Waals surface area contributed by atoms with Crippen molar-refractivity contribution in [2.24, 2.45) is 22.7 Å². The highest BCUT2D eigenvalue weighted by molar-refractivity contribution is 5.95. The van der Waals surface area contributed by atoms with E-state index in [0.717, 1.165) is 55.6 Å². The van der Waals surface area contributed by atoms with Gasteiger partial charge in [-0.25, -0.2) is 0 Å². The number of aliphatic carboxylic acids is 1. The van der Waals surface area contributed by atoms with Crippen molar-refractivity contribution >= 4 is 22.8 Å². The number of nitriles is 1. The van der Waals surface area contributed by atoms with E-state index in [9.17, 15) is 20.0 Å². The molecule has 1 atom stereocenters. The molecule has 0 radical (unpaired) electrons. The number of hydrogen-bond acceptors (Lipinski definition) is 5. The highest BCUT2D eigenvalue weighted by atomic mass is 16.5. The number of piperidine rings is 1. The molecule has 8 heteroatoms. The number of aromatic amines is 1. The summed E-state index contributed by atoms with van der Waals surface area (Å²) >= 11 is 0. The Kier molecular flexibility index (Phi) is 6.36. The molecule has 2 aliphatic carbocycles. The molecular formula is C34H38N4O4. The molecule has 7 rings (SSSR count). The number of carbonyl (C=O) groups is 2. The average Bonchev–Trinajstić information content (AvgIpc) is 3.42. The van der Waals surface area contributed by atoms with Gasteiger partial charge in [0.05, 0.1) is 19.1 Å². The number of fused-ring (bicyclic) bond motifs is 1. The minimum Gasteiger partial charge on any atom is -0.496 e.